The summed E-state index contributed by atoms with van der Waals surface area (Å²) in [7, 11) is 0. The molecule has 0 spiro atoms. The van der Waals surface area contributed by atoms with Gasteiger partial charge < -0.3 is 15.6 Å². The van der Waals surface area contributed by atoms with Crippen LogP contribution in [0.3, 0.4) is 0 Å². The SMILES string of the molecule is CCC(C)(C)C(=O)NC1=N/C(=N\c2[nH]c(NC(=O)C(C)(C)CC)c(-c3nc4ccccc4s3)c2-c2ccc(C(C)C)cc2C(C)C)C(c2ccc(C(C)C)cc2C(C)C)=C1c1nc2ccccc2s1. The molecule has 0 saturated carbocycles. The van der Waals surface area contributed by atoms with Crippen molar-refractivity contribution in [1.82, 2.24) is 20.3 Å². The maximum absolute atomic E-state index is 14.4. The zero-order valence-corrected chi connectivity index (χ0v) is 44.4. The van der Waals surface area contributed by atoms with Crippen LogP contribution in [0.2, 0.25) is 0 Å². The summed E-state index contributed by atoms with van der Waals surface area (Å²) in [5.74, 6) is 2.46. The van der Waals surface area contributed by atoms with Crippen molar-refractivity contribution in [2.75, 3.05) is 5.32 Å². The van der Waals surface area contributed by atoms with Crippen molar-refractivity contribution in [2.45, 2.75) is 133 Å². The number of carbonyl (C=O) groups excluding carboxylic acids is 2. The number of carbonyl (C=O) groups is 2. The summed E-state index contributed by atoms with van der Waals surface area (Å²) in [6, 6.07) is 29.7. The number of aromatic nitrogens is 3. The molecular weight excluding hydrogens is 891 g/mol. The minimum Gasteiger partial charge on any atom is -0.325 e. The molecule has 0 unspecified atom stereocenters. The molecule has 69 heavy (non-hydrogen) atoms. The lowest BCUT2D eigenvalue weighted by molar-refractivity contribution is -0.128. The molecule has 4 aromatic carbocycles. The Hall–Kier alpha value is -6.04. The maximum Gasteiger partial charge on any atom is 0.231 e. The summed E-state index contributed by atoms with van der Waals surface area (Å²) in [6.07, 6.45) is 1.27. The van der Waals surface area contributed by atoms with Crippen LogP contribution in [-0.4, -0.2) is 38.4 Å². The molecular formula is C58H67N7O2S2. The number of aromatic amines is 1. The highest BCUT2D eigenvalue weighted by Gasteiger charge is 2.37. The minimum absolute atomic E-state index is 0.119. The van der Waals surface area contributed by atoms with E-state index in [0.29, 0.717) is 48.0 Å². The molecule has 4 heterocycles. The highest BCUT2D eigenvalue weighted by atomic mass is 32.1. The molecule has 3 N–H and O–H groups in total. The van der Waals surface area contributed by atoms with E-state index < -0.39 is 10.8 Å². The number of amides is 2. The van der Waals surface area contributed by atoms with Crippen LogP contribution >= 0.6 is 22.7 Å². The highest BCUT2D eigenvalue weighted by molar-refractivity contribution is 7.21. The Morgan fingerprint density at radius 2 is 1.10 bits per heavy atom. The van der Waals surface area contributed by atoms with Crippen molar-refractivity contribution in [2.24, 2.45) is 20.8 Å². The van der Waals surface area contributed by atoms with Gasteiger partial charge in [0, 0.05) is 22.0 Å². The minimum atomic E-state index is -0.684. The standard InChI is InChI=1S/C58H67N7O2S2/c1-15-57(11,12)55(66)64-51-47(53-59-41-21-17-19-23-43(41)68-53)45(37-27-25-35(31(3)4)29-39(37)33(7)8)49(62-51)61-50-46(38-28-26-36(32(5)6)30-40(38)34(9)10)48(52(63-50)65-56(67)58(13,14)16-2)54-60-42-22-18-20-24-44(42)69-54/h17-34,62H,15-16H2,1-14H3,(H,64,66)(H,61,63,65,67). The zero-order chi connectivity index (χ0) is 49.7. The summed E-state index contributed by atoms with van der Waals surface area (Å²) in [5.41, 5.74) is 10.1. The van der Waals surface area contributed by atoms with Crippen LogP contribution in [-0.2, 0) is 9.59 Å². The van der Waals surface area contributed by atoms with E-state index >= 15 is 0 Å². The van der Waals surface area contributed by atoms with Crippen molar-refractivity contribution >= 4 is 89.4 Å². The summed E-state index contributed by atoms with van der Waals surface area (Å²) >= 11 is 3.16. The first kappa shape index (κ1) is 49.4. The Bertz CT molecular complexity index is 3140. The second-order valence-electron chi connectivity index (χ2n) is 20.9. The van der Waals surface area contributed by atoms with Gasteiger partial charge in [-0.2, -0.15) is 0 Å². The normalized spacial score (nSPS) is 14.2. The maximum atomic E-state index is 14.4. The molecule has 3 aromatic heterocycles. The zero-order valence-electron chi connectivity index (χ0n) is 42.7. The molecule has 2 amide bonds. The Kier molecular flexibility index (Phi) is 13.9. The quantitative estimate of drug-likeness (QED) is 0.100. The number of aliphatic imine (C=N–C) groups is 2. The lowest BCUT2D eigenvalue weighted by Crippen LogP contribution is -2.40. The first-order valence-corrected chi connectivity index (χ1v) is 26.2. The molecule has 0 radical (unpaired) electrons. The fraction of sp³-hybridized carbons (Fsp3) is 0.379. The number of nitrogens with one attached hydrogen (secondary N) is 3. The predicted octanol–water partition coefficient (Wildman–Crippen LogP) is 16.0. The second kappa shape index (κ2) is 19.4. The molecule has 0 atom stereocenters. The molecule has 0 bridgehead atoms. The van der Waals surface area contributed by atoms with Gasteiger partial charge in [0.05, 0.1) is 31.6 Å². The van der Waals surface area contributed by atoms with Crippen LogP contribution in [0.25, 0.3) is 53.3 Å². The number of nitrogens with zero attached hydrogens (tertiary/aromatic N) is 4. The number of rotatable bonds is 14. The summed E-state index contributed by atoms with van der Waals surface area (Å²) in [5, 5.41) is 8.16. The average Bonchev–Trinajstić information content (AvgIpc) is 4.11. The van der Waals surface area contributed by atoms with Gasteiger partial charge in [0.1, 0.15) is 27.5 Å². The fourth-order valence-electron chi connectivity index (χ4n) is 8.46. The summed E-state index contributed by atoms with van der Waals surface area (Å²) < 4.78 is 2.06. The Morgan fingerprint density at radius 3 is 1.62 bits per heavy atom. The van der Waals surface area contributed by atoms with E-state index in [1.54, 1.807) is 22.7 Å². The number of anilines is 1. The Labute approximate surface area is 416 Å². The van der Waals surface area contributed by atoms with Gasteiger partial charge in [-0.15, -0.1) is 22.7 Å². The van der Waals surface area contributed by atoms with Gasteiger partial charge in [0.2, 0.25) is 11.8 Å². The molecule has 11 heteroatoms. The number of fused-ring (bicyclic) bond motifs is 2. The topological polar surface area (TPSA) is 124 Å². The Balaban J connectivity index is 1.53. The number of amidine groups is 2. The predicted molar refractivity (Wildman–Crippen MR) is 294 cm³/mol. The number of benzene rings is 4. The van der Waals surface area contributed by atoms with E-state index in [-0.39, 0.29) is 23.7 Å². The Morgan fingerprint density at radius 1 is 0.609 bits per heavy atom. The molecule has 1 aliphatic rings. The van der Waals surface area contributed by atoms with Crippen molar-refractivity contribution in [3.05, 3.63) is 118 Å². The average molecular weight is 958 g/mol. The van der Waals surface area contributed by atoms with Crippen LogP contribution in [0.4, 0.5) is 11.6 Å². The van der Waals surface area contributed by atoms with E-state index in [0.717, 1.165) is 75.0 Å². The van der Waals surface area contributed by atoms with Crippen LogP contribution < -0.4 is 10.6 Å². The molecule has 358 valence electrons. The lowest BCUT2D eigenvalue weighted by atomic mass is 9.86. The summed E-state index contributed by atoms with van der Waals surface area (Å²) in [6.45, 7) is 29.6. The van der Waals surface area contributed by atoms with Crippen LogP contribution in [0.5, 0.6) is 0 Å². The van der Waals surface area contributed by atoms with E-state index in [1.165, 1.54) is 11.1 Å². The number of hydrogen-bond donors (Lipinski definition) is 3. The van der Waals surface area contributed by atoms with Crippen LogP contribution in [0, 0.1) is 10.8 Å². The van der Waals surface area contributed by atoms with Gasteiger partial charge in [-0.05, 0) is 94.2 Å². The van der Waals surface area contributed by atoms with Gasteiger partial charge >= 0.3 is 0 Å². The second-order valence-corrected chi connectivity index (χ2v) is 23.0. The summed E-state index contributed by atoms with van der Waals surface area (Å²) in [4.78, 5) is 54.1. The van der Waals surface area contributed by atoms with Crippen molar-refractivity contribution in [3.63, 3.8) is 0 Å². The van der Waals surface area contributed by atoms with Gasteiger partial charge in [-0.3, -0.25) is 9.59 Å². The van der Waals surface area contributed by atoms with Crippen molar-refractivity contribution < 1.29 is 9.59 Å². The van der Waals surface area contributed by atoms with Gasteiger partial charge in [-0.25, -0.2) is 20.0 Å². The monoisotopic (exact) mass is 957 g/mol. The number of H-pyrrole nitrogens is 1. The molecule has 8 rings (SSSR count). The third kappa shape index (κ3) is 9.65. The smallest absolute Gasteiger partial charge is 0.231 e. The first-order chi connectivity index (χ1) is 32.7. The number of hydrogen-bond acceptors (Lipinski definition) is 7. The van der Waals surface area contributed by atoms with Gasteiger partial charge in [0.15, 0.2) is 5.84 Å². The molecule has 7 aromatic rings. The molecule has 0 fully saturated rings. The van der Waals surface area contributed by atoms with Crippen LogP contribution in [0.1, 0.15) is 166 Å². The van der Waals surface area contributed by atoms with E-state index in [1.807, 2.05) is 77.9 Å². The molecule has 9 nitrogen and oxygen atoms in total. The molecule has 0 saturated heterocycles. The first-order valence-electron chi connectivity index (χ1n) is 24.5. The van der Waals surface area contributed by atoms with E-state index in [4.69, 9.17) is 20.0 Å². The number of thiazole rings is 2. The molecule has 1 aliphatic heterocycles. The third-order valence-corrected chi connectivity index (χ3v) is 16.0. The van der Waals surface area contributed by atoms with Crippen molar-refractivity contribution in [3.8, 4) is 21.7 Å². The molecule has 0 aliphatic carbocycles. The number of para-hydroxylation sites is 2. The van der Waals surface area contributed by atoms with Gasteiger partial charge in [0.25, 0.3) is 0 Å². The largest absolute Gasteiger partial charge is 0.325 e. The van der Waals surface area contributed by atoms with Crippen LogP contribution in [0.15, 0.2) is 94.9 Å². The highest BCUT2D eigenvalue weighted by Crippen LogP contribution is 2.51. The lowest BCUT2D eigenvalue weighted by Gasteiger charge is -2.22. The van der Waals surface area contributed by atoms with Gasteiger partial charge in [-0.1, -0.05) is 158 Å². The fourth-order valence-corrected chi connectivity index (χ4v) is 10.5. The van der Waals surface area contributed by atoms with E-state index in [9.17, 15) is 9.59 Å². The third-order valence-electron chi connectivity index (χ3n) is 13.9. The van der Waals surface area contributed by atoms with Crippen molar-refractivity contribution in [1.29, 1.82) is 0 Å². The van der Waals surface area contributed by atoms with E-state index in [2.05, 4.69) is 120 Å².